The van der Waals surface area contributed by atoms with Crippen molar-refractivity contribution >= 4 is 11.6 Å². The van der Waals surface area contributed by atoms with Crippen LogP contribution in [0.2, 0.25) is 0 Å². The highest BCUT2D eigenvalue weighted by atomic mass is 16.2. The average molecular weight is 257 g/mol. The van der Waals surface area contributed by atoms with Gasteiger partial charge >= 0.3 is 0 Å². The normalized spacial score (nSPS) is 10.2. The predicted molar refractivity (Wildman–Crippen MR) is 73.8 cm³/mol. The monoisotopic (exact) mass is 257 g/mol. The standard InChI is InChI=1S/C14H15N3O2/c1-2-3-13(18)17-12-8-11(9-16-14(12)19)10-4-6-15-7-5-10/h4-9H,2-3H2,1H3,(H,16,19)(H,17,18). The Morgan fingerprint density at radius 1 is 1.32 bits per heavy atom. The third-order valence-electron chi connectivity index (χ3n) is 2.67. The molecule has 2 aromatic rings. The van der Waals surface area contributed by atoms with Gasteiger partial charge in [0, 0.05) is 30.6 Å². The molecule has 0 aromatic carbocycles. The number of anilines is 1. The van der Waals surface area contributed by atoms with Gasteiger partial charge < -0.3 is 10.3 Å². The first-order valence-corrected chi connectivity index (χ1v) is 6.13. The minimum Gasteiger partial charge on any atom is -0.327 e. The Labute approximate surface area is 110 Å². The van der Waals surface area contributed by atoms with Gasteiger partial charge in [-0.25, -0.2) is 0 Å². The molecule has 19 heavy (non-hydrogen) atoms. The largest absolute Gasteiger partial charge is 0.327 e. The van der Waals surface area contributed by atoms with E-state index in [1.165, 1.54) is 0 Å². The van der Waals surface area contributed by atoms with Gasteiger partial charge in [0.05, 0.1) is 0 Å². The lowest BCUT2D eigenvalue weighted by Gasteiger charge is -2.06. The van der Waals surface area contributed by atoms with Crippen molar-refractivity contribution in [2.75, 3.05) is 5.32 Å². The molecule has 2 heterocycles. The molecule has 0 atom stereocenters. The van der Waals surface area contributed by atoms with Crippen molar-refractivity contribution in [1.29, 1.82) is 0 Å². The second kappa shape index (κ2) is 5.95. The van der Waals surface area contributed by atoms with E-state index < -0.39 is 0 Å². The van der Waals surface area contributed by atoms with E-state index in [-0.39, 0.29) is 17.2 Å². The molecule has 2 rings (SSSR count). The van der Waals surface area contributed by atoms with Crippen LogP contribution >= 0.6 is 0 Å². The van der Waals surface area contributed by atoms with E-state index >= 15 is 0 Å². The molecule has 2 N–H and O–H groups in total. The third-order valence-corrected chi connectivity index (χ3v) is 2.67. The van der Waals surface area contributed by atoms with Crippen LogP contribution in [0.1, 0.15) is 19.8 Å². The maximum atomic E-state index is 11.7. The van der Waals surface area contributed by atoms with Crippen molar-refractivity contribution in [2.45, 2.75) is 19.8 Å². The van der Waals surface area contributed by atoms with Crippen molar-refractivity contribution < 1.29 is 4.79 Å². The molecule has 0 aliphatic rings. The maximum absolute atomic E-state index is 11.7. The van der Waals surface area contributed by atoms with Crippen LogP contribution in [0.3, 0.4) is 0 Å². The molecule has 0 aliphatic carbocycles. The number of nitrogens with one attached hydrogen (secondary N) is 2. The molecule has 0 unspecified atom stereocenters. The summed E-state index contributed by atoms with van der Waals surface area (Å²) in [5.41, 5.74) is 1.72. The van der Waals surface area contributed by atoms with Crippen molar-refractivity contribution in [3.8, 4) is 11.1 Å². The molecule has 0 spiro atoms. The number of hydrogen-bond acceptors (Lipinski definition) is 3. The summed E-state index contributed by atoms with van der Waals surface area (Å²) in [6.07, 6.45) is 6.12. The van der Waals surface area contributed by atoms with Crippen LogP contribution in [-0.4, -0.2) is 15.9 Å². The highest BCUT2D eigenvalue weighted by molar-refractivity contribution is 5.91. The van der Waals surface area contributed by atoms with E-state index in [0.29, 0.717) is 6.42 Å². The van der Waals surface area contributed by atoms with E-state index in [9.17, 15) is 9.59 Å². The molecule has 0 bridgehead atoms. The average Bonchev–Trinajstić information content (AvgIpc) is 2.42. The van der Waals surface area contributed by atoms with Gasteiger partial charge in [0.1, 0.15) is 5.69 Å². The fraction of sp³-hybridized carbons (Fsp3) is 0.214. The Morgan fingerprint density at radius 2 is 2.05 bits per heavy atom. The summed E-state index contributed by atoms with van der Waals surface area (Å²) in [5, 5.41) is 2.62. The summed E-state index contributed by atoms with van der Waals surface area (Å²) in [7, 11) is 0. The third kappa shape index (κ3) is 3.28. The van der Waals surface area contributed by atoms with Gasteiger partial charge in [0.25, 0.3) is 5.56 Å². The summed E-state index contributed by atoms with van der Waals surface area (Å²) >= 11 is 0. The van der Waals surface area contributed by atoms with Crippen LogP contribution < -0.4 is 10.9 Å². The summed E-state index contributed by atoms with van der Waals surface area (Å²) in [5.74, 6) is -0.153. The number of H-pyrrole nitrogens is 1. The van der Waals surface area contributed by atoms with Crippen LogP contribution in [0, 0.1) is 0 Å². The second-order valence-corrected chi connectivity index (χ2v) is 4.17. The molecule has 5 nitrogen and oxygen atoms in total. The van der Waals surface area contributed by atoms with Crippen LogP contribution in [0.25, 0.3) is 11.1 Å². The van der Waals surface area contributed by atoms with Gasteiger partial charge in [-0.05, 0) is 30.2 Å². The Bertz CT molecular complexity index is 620. The zero-order valence-corrected chi connectivity index (χ0v) is 10.6. The van der Waals surface area contributed by atoms with Gasteiger partial charge in [-0.3, -0.25) is 14.6 Å². The van der Waals surface area contributed by atoms with Crippen LogP contribution in [-0.2, 0) is 4.79 Å². The topological polar surface area (TPSA) is 74.8 Å². The quantitative estimate of drug-likeness (QED) is 0.881. The number of nitrogens with zero attached hydrogens (tertiary/aromatic N) is 1. The number of pyridine rings is 2. The van der Waals surface area contributed by atoms with E-state index in [2.05, 4.69) is 15.3 Å². The first-order valence-electron chi connectivity index (χ1n) is 6.13. The van der Waals surface area contributed by atoms with E-state index in [4.69, 9.17) is 0 Å². The summed E-state index contributed by atoms with van der Waals surface area (Å²) < 4.78 is 0. The molecular formula is C14H15N3O2. The Hall–Kier alpha value is -2.43. The molecule has 0 fully saturated rings. The molecule has 0 saturated heterocycles. The summed E-state index contributed by atoms with van der Waals surface area (Å²) in [6, 6.07) is 5.35. The maximum Gasteiger partial charge on any atom is 0.271 e. The molecule has 1 amide bonds. The highest BCUT2D eigenvalue weighted by Crippen LogP contribution is 2.18. The van der Waals surface area contributed by atoms with Gasteiger partial charge in [-0.1, -0.05) is 6.92 Å². The number of carbonyl (C=O) groups excluding carboxylic acids is 1. The smallest absolute Gasteiger partial charge is 0.271 e. The Kier molecular flexibility index (Phi) is 4.07. The Morgan fingerprint density at radius 3 is 2.74 bits per heavy atom. The summed E-state index contributed by atoms with van der Waals surface area (Å²) in [4.78, 5) is 29.8. The van der Waals surface area contributed by atoms with Crippen molar-refractivity contribution in [1.82, 2.24) is 9.97 Å². The minimum absolute atomic E-state index is 0.153. The minimum atomic E-state index is -0.303. The van der Waals surface area contributed by atoms with Crippen molar-refractivity contribution in [3.05, 3.63) is 47.1 Å². The Balaban J connectivity index is 2.30. The van der Waals surface area contributed by atoms with Crippen molar-refractivity contribution in [2.24, 2.45) is 0 Å². The lowest BCUT2D eigenvalue weighted by atomic mass is 10.1. The first kappa shape index (κ1) is 13.0. The fourth-order valence-corrected chi connectivity index (χ4v) is 1.73. The van der Waals surface area contributed by atoms with Crippen LogP contribution in [0.5, 0.6) is 0 Å². The molecule has 5 heteroatoms. The molecule has 98 valence electrons. The summed E-state index contributed by atoms with van der Waals surface area (Å²) in [6.45, 7) is 1.91. The zero-order valence-electron chi connectivity index (χ0n) is 10.6. The molecule has 0 saturated carbocycles. The second-order valence-electron chi connectivity index (χ2n) is 4.17. The highest BCUT2D eigenvalue weighted by Gasteiger charge is 2.07. The van der Waals surface area contributed by atoms with Crippen LogP contribution in [0.15, 0.2) is 41.6 Å². The van der Waals surface area contributed by atoms with E-state index in [0.717, 1.165) is 17.5 Å². The van der Waals surface area contributed by atoms with Gasteiger partial charge in [0.2, 0.25) is 5.91 Å². The van der Waals surface area contributed by atoms with Gasteiger partial charge in [0.15, 0.2) is 0 Å². The lowest BCUT2D eigenvalue weighted by molar-refractivity contribution is -0.116. The van der Waals surface area contributed by atoms with Crippen LogP contribution in [0.4, 0.5) is 5.69 Å². The number of aromatic nitrogens is 2. The molecule has 0 aliphatic heterocycles. The number of rotatable bonds is 4. The molecular weight excluding hydrogens is 242 g/mol. The fourth-order valence-electron chi connectivity index (χ4n) is 1.73. The van der Waals surface area contributed by atoms with Gasteiger partial charge in [-0.15, -0.1) is 0 Å². The van der Waals surface area contributed by atoms with E-state index in [1.807, 2.05) is 19.1 Å². The zero-order chi connectivity index (χ0) is 13.7. The number of carbonyl (C=O) groups is 1. The predicted octanol–water partition coefficient (Wildman–Crippen LogP) is 2.18. The SMILES string of the molecule is CCCC(=O)Nc1cc(-c2ccncc2)c[nH]c1=O. The number of amides is 1. The van der Waals surface area contributed by atoms with E-state index in [1.54, 1.807) is 24.7 Å². The molecule has 0 radical (unpaired) electrons. The molecule has 2 aromatic heterocycles. The lowest BCUT2D eigenvalue weighted by Crippen LogP contribution is -2.19. The number of hydrogen-bond donors (Lipinski definition) is 2. The van der Waals surface area contributed by atoms with Crippen molar-refractivity contribution in [3.63, 3.8) is 0 Å². The van der Waals surface area contributed by atoms with Gasteiger partial charge in [-0.2, -0.15) is 0 Å². The number of aromatic amines is 1. The first-order chi connectivity index (χ1) is 9.20.